The highest BCUT2D eigenvalue weighted by atomic mass is 19.1. The Kier molecular flexibility index (Phi) is 12.4. The van der Waals surface area contributed by atoms with Gasteiger partial charge in [-0.2, -0.15) is 0 Å². The summed E-state index contributed by atoms with van der Waals surface area (Å²) in [5.41, 5.74) is 6.04. The second-order valence-corrected chi connectivity index (χ2v) is 13.8. The van der Waals surface area contributed by atoms with E-state index < -0.39 is 11.5 Å². The molecule has 0 radical (unpaired) electrons. The molecule has 1 aliphatic heterocycles. The fraction of sp³-hybridized carbons (Fsp3) is 0.727. The Labute approximate surface area is 252 Å². The molecule has 2 aliphatic rings. The number of nitrogens with zero attached hydrogens (tertiary/aromatic N) is 1. The van der Waals surface area contributed by atoms with Crippen LogP contribution in [0.4, 0.5) is 4.39 Å². The van der Waals surface area contributed by atoms with E-state index >= 15 is 0 Å². The zero-order valence-electron chi connectivity index (χ0n) is 26.4. The summed E-state index contributed by atoms with van der Waals surface area (Å²) in [6, 6.07) is 5.27. The van der Waals surface area contributed by atoms with Crippen LogP contribution in [0.2, 0.25) is 0 Å². The number of carbonyl (C=O) groups is 3. The van der Waals surface area contributed by atoms with Crippen molar-refractivity contribution < 1.29 is 18.8 Å². The molecular weight excluding hydrogens is 533 g/mol. The normalized spacial score (nSPS) is 19.3. The summed E-state index contributed by atoms with van der Waals surface area (Å²) < 4.78 is 13.6. The smallest absolute Gasteiger partial charge is 0.245 e. The standard InChI is InChI=1S/C33H54FN5O3/c1-23(2)27(35)22-36-18-15-29(40)37-28(21-24-11-13-26(34)14-12-24)30(41)39-19-16-33(17-20-39,25-9-7-6-8-10-25)31(42)38-32(3,4)5/h11-14,23,25,27-28,36H,6-10,15-22,35H2,1-5H3,(H,37,40)(H,38,42)/t27?,28-/m1/s1. The van der Waals surface area contributed by atoms with Crippen LogP contribution in [0.3, 0.4) is 0 Å². The molecule has 0 aromatic heterocycles. The number of benzene rings is 1. The molecule has 1 heterocycles. The van der Waals surface area contributed by atoms with E-state index in [1.165, 1.54) is 18.6 Å². The van der Waals surface area contributed by atoms with Crippen LogP contribution in [0.15, 0.2) is 24.3 Å². The summed E-state index contributed by atoms with van der Waals surface area (Å²) in [5.74, 6) is 0.0341. The van der Waals surface area contributed by atoms with E-state index in [1.54, 1.807) is 17.0 Å². The number of amides is 3. The number of carbonyl (C=O) groups excluding carboxylic acids is 3. The van der Waals surface area contributed by atoms with E-state index in [2.05, 4.69) is 29.8 Å². The molecule has 1 aromatic carbocycles. The van der Waals surface area contributed by atoms with Crippen molar-refractivity contribution in [2.24, 2.45) is 23.0 Å². The van der Waals surface area contributed by atoms with Gasteiger partial charge in [0.15, 0.2) is 0 Å². The third-order valence-electron chi connectivity index (χ3n) is 9.05. The summed E-state index contributed by atoms with van der Waals surface area (Å²) in [7, 11) is 0. The predicted octanol–water partition coefficient (Wildman–Crippen LogP) is 3.92. The zero-order valence-corrected chi connectivity index (χ0v) is 26.4. The molecule has 1 aromatic rings. The minimum Gasteiger partial charge on any atom is -0.351 e. The molecule has 1 saturated heterocycles. The Morgan fingerprint density at radius 2 is 1.67 bits per heavy atom. The van der Waals surface area contributed by atoms with Gasteiger partial charge in [0.25, 0.3) is 0 Å². The Bertz CT molecular complexity index is 1030. The van der Waals surface area contributed by atoms with Crippen LogP contribution < -0.4 is 21.7 Å². The van der Waals surface area contributed by atoms with Gasteiger partial charge in [-0.25, -0.2) is 4.39 Å². The van der Waals surface area contributed by atoms with Crippen molar-refractivity contribution in [3.63, 3.8) is 0 Å². The topological polar surface area (TPSA) is 117 Å². The van der Waals surface area contributed by atoms with Crippen LogP contribution in [0, 0.1) is 23.1 Å². The number of nitrogens with one attached hydrogen (secondary N) is 3. The van der Waals surface area contributed by atoms with Gasteiger partial charge in [0.1, 0.15) is 11.9 Å². The van der Waals surface area contributed by atoms with Gasteiger partial charge in [-0.05, 0) is 76.0 Å². The van der Waals surface area contributed by atoms with Crippen LogP contribution in [0.1, 0.15) is 91.5 Å². The van der Waals surface area contributed by atoms with Gasteiger partial charge in [0.2, 0.25) is 17.7 Å². The lowest BCUT2D eigenvalue weighted by Crippen LogP contribution is -2.59. The minimum atomic E-state index is -0.772. The number of piperidine rings is 1. The highest BCUT2D eigenvalue weighted by Crippen LogP contribution is 2.46. The molecule has 8 nitrogen and oxygen atoms in total. The van der Waals surface area contributed by atoms with E-state index in [9.17, 15) is 18.8 Å². The molecule has 0 bridgehead atoms. The molecular formula is C33H54FN5O3. The summed E-state index contributed by atoms with van der Waals surface area (Å²) in [6.45, 7) is 12.2. The van der Waals surface area contributed by atoms with E-state index in [0.717, 1.165) is 31.2 Å². The summed E-state index contributed by atoms with van der Waals surface area (Å²) in [4.78, 5) is 42.4. The van der Waals surface area contributed by atoms with Crippen molar-refractivity contribution in [1.82, 2.24) is 20.9 Å². The number of halogens is 1. The molecule has 42 heavy (non-hydrogen) atoms. The second-order valence-electron chi connectivity index (χ2n) is 13.8. The Morgan fingerprint density at radius 3 is 2.24 bits per heavy atom. The maximum atomic E-state index is 13.9. The van der Waals surface area contributed by atoms with Crippen LogP contribution in [0.25, 0.3) is 0 Å². The molecule has 1 saturated carbocycles. The number of hydrogen-bond donors (Lipinski definition) is 4. The van der Waals surface area contributed by atoms with Gasteiger partial charge in [-0.1, -0.05) is 45.2 Å². The maximum absolute atomic E-state index is 13.9. The van der Waals surface area contributed by atoms with E-state index in [1.807, 2.05) is 20.8 Å². The highest BCUT2D eigenvalue weighted by molar-refractivity contribution is 5.89. The largest absolute Gasteiger partial charge is 0.351 e. The molecule has 3 rings (SSSR count). The van der Waals surface area contributed by atoms with E-state index in [-0.39, 0.29) is 48.0 Å². The monoisotopic (exact) mass is 587 g/mol. The Hall–Kier alpha value is -2.52. The molecule has 9 heteroatoms. The third kappa shape index (κ3) is 9.76. The number of likely N-dealkylation sites (tertiary alicyclic amines) is 1. The van der Waals surface area contributed by atoms with Gasteiger partial charge in [-0.3, -0.25) is 14.4 Å². The molecule has 2 atom stereocenters. The zero-order chi connectivity index (χ0) is 30.9. The first-order valence-corrected chi connectivity index (χ1v) is 15.9. The van der Waals surface area contributed by atoms with Crippen LogP contribution in [0.5, 0.6) is 0 Å². The molecule has 3 amide bonds. The first-order chi connectivity index (χ1) is 19.8. The number of hydrogen-bond acceptors (Lipinski definition) is 5. The van der Waals surface area contributed by atoms with Crippen molar-refractivity contribution in [3.8, 4) is 0 Å². The first kappa shape index (κ1) is 34.0. The SMILES string of the molecule is CC(C)C(N)CNCCC(=O)N[C@H](Cc1ccc(F)cc1)C(=O)N1CCC(C(=O)NC(C)(C)C)(C2CCCCC2)CC1. The van der Waals surface area contributed by atoms with Crippen molar-refractivity contribution in [3.05, 3.63) is 35.6 Å². The van der Waals surface area contributed by atoms with Gasteiger partial charge in [0.05, 0.1) is 5.41 Å². The molecule has 236 valence electrons. The lowest BCUT2D eigenvalue weighted by Gasteiger charge is -2.48. The van der Waals surface area contributed by atoms with E-state index in [4.69, 9.17) is 5.73 Å². The molecule has 2 fully saturated rings. The lowest BCUT2D eigenvalue weighted by atomic mass is 9.63. The molecule has 5 N–H and O–H groups in total. The average molecular weight is 588 g/mol. The fourth-order valence-electron chi connectivity index (χ4n) is 6.32. The quantitative estimate of drug-likeness (QED) is 0.277. The Balaban J connectivity index is 1.69. The van der Waals surface area contributed by atoms with Crippen LogP contribution >= 0.6 is 0 Å². The fourth-order valence-corrected chi connectivity index (χ4v) is 6.32. The third-order valence-corrected chi connectivity index (χ3v) is 9.05. The number of nitrogens with two attached hydrogens (primary N) is 1. The minimum absolute atomic E-state index is 0.00572. The van der Waals surface area contributed by atoms with Crippen LogP contribution in [-0.2, 0) is 20.8 Å². The Morgan fingerprint density at radius 1 is 1.05 bits per heavy atom. The summed E-state index contributed by atoms with van der Waals surface area (Å²) in [5, 5.41) is 9.43. The van der Waals surface area contributed by atoms with Gasteiger partial charge in [0, 0.05) is 50.6 Å². The molecule has 1 unspecified atom stereocenters. The maximum Gasteiger partial charge on any atom is 0.245 e. The summed E-state index contributed by atoms with van der Waals surface area (Å²) in [6.07, 6.45) is 7.30. The van der Waals surface area contributed by atoms with E-state index in [0.29, 0.717) is 50.9 Å². The van der Waals surface area contributed by atoms with Crippen LogP contribution in [-0.4, -0.2) is 66.4 Å². The molecule has 0 spiro atoms. The predicted molar refractivity (Wildman–Crippen MR) is 165 cm³/mol. The van der Waals surface area contributed by atoms with Crippen molar-refractivity contribution >= 4 is 17.7 Å². The summed E-state index contributed by atoms with van der Waals surface area (Å²) >= 11 is 0. The van der Waals surface area contributed by atoms with Crippen molar-refractivity contribution in [1.29, 1.82) is 0 Å². The first-order valence-electron chi connectivity index (χ1n) is 15.9. The lowest BCUT2D eigenvalue weighted by molar-refractivity contribution is -0.147. The second kappa shape index (κ2) is 15.3. The van der Waals surface area contributed by atoms with Gasteiger partial charge in [-0.15, -0.1) is 0 Å². The number of rotatable bonds is 12. The van der Waals surface area contributed by atoms with Gasteiger partial charge < -0.3 is 26.6 Å². The van der Waals surface area contributed by atoms with Crippen molar-refractivity contribution in [2.75, 3.05) is 26.2 Å². The average Bonchev–Trinajstić information content (AvgIpc) is 2.95. The molecule has 1 aliphatic carbocycles. The van der Waals surface area contributed by atoms with Crippen molar-refractivity contribution in [2.45, 2.75) is 110 Å². The highest BCUT2D eigenvalue weighted by Gasteiger charge is 2.49. The van der Waals surface area contributed by atoms with Gasteiger partial charge >= 0.3 is 0 Å².